The number of carboxylic acid groups (broad SMARTS) is 1. The number of benzene rings is 1. The first-order chi connectivity index (χ1) is 10.4. The SMILES string of the molecule is CCCC(CNC(=O)CCc1ccc(C(C)C)cc1)C(=O)O. The van der Waals surface area contributed by atoms with Crippen LogP contribution < -0.4 is 5.32 Å². The lowest BCUT2D eigenvalue weighted by Crippen LogP contribution is -2.33. The van der Waals surface area contributed by atoms with Crippen molar-refractivity contribution in [3.05, 3.63) is 35.4 Å². The molecular weight excluding hydrogens is 278 g/mol. The first-order valence-electron chi connectivity index (χ1n) is 8.02. The number of rotatable bonds is 9. The minimum atomic E-state index is -0.841. The summed E-state index contributed by atoms with van der Waals surface area (Å²) in [4.78, 5) is 22.8. The van der Waals surface area contributed by atoms with E-state index in [9.17, 15) is 9.59 Å². The van der Waals surface area contributed by atoms with Crippen LogP contribution in [0.2, 0.25) is 0 Å². The van der Waals surface area contributed by atoms with Gasteiger partial charge in [0.25, 0.3) is 0 Å². The molecule has 1 amide bonds. The van der Waals surface area contributed by atoms with Gasteiger partial charge < -0.3 is 10.4 Å². The molecule has 1 unspecified atom stereocenters. The summed E-state index contributed by atoms with van der Waals surface area (Å²) in [6, 6.07) is 8.30. The average molecular weight is 305 g/mol. The number of nitrogens with one attached hydrogen (secondary N) is 1. The van der Waals surface area contributed by atoms with E-state index < -0.39 is 11.9 Å². The van der Waals surface area contributed by atoms with Gasteiger partial charge in [-0.15, -0.1) is 0 Å². The van der Waals surface area contributed by atoms with Crippen molar-refractivity contribution < 1.29 is 14.7 Å². The molecular formula is C18H27NO3. The summed E-state index contributed by atoms with van der Waals surface area (Å²) < 4.78 is 0. The third-order valence-corrected chi connectivity index (χ3v) is 3.82. The normalized spacial score (nSPS) is 12.2. The van der Waals surface area contributed by atoms with Gasteiger partial charge >= 0.3 is 5.97 Å². The van der Waals surface area contributed by atoms with Crippen molar-refractivity contribution in [2.45, 2.75) is 52.4 Å². The molecule has 1 aromatic rings. The molecule has 0 aliphatic carbocycles. The topological polar surface area (TPSA) is 66.4 Å². The number of carbonyl (C=O) groups excluding carboxylic acids is 1. The van der Waals surface area contributed by atoms with Gasteiger partial charge in [-0.25, -0.2) is 0 Å². The Labute approximate surface area is 132 Å². The Morgan fingerprint density at radius 1 is 1.18 bits per heavy atom. The molecule has 0 saturated heterocycles. The van der Waals surface area contributed by atoms with Gasteiger partial charge in [-0.1, -0.05) is 51.5 Å². The minimum Gasteiger partial charge on any atom is -0.481 e. The Balaban J connectivity index is 2.37. The highest BCUT2D eigenvalue weighted by molar-refractivity contribution is 5.77. The van der Waals surface area contributed by atoms with Gasteiger partial charge in [-0.2, -0.15) is 0 Å². The molecule has 0 radical (unpaired) electrons. The van der Waals surface area contributed by atoms with E-state index in [1.165, 1.54) is 5.56 Å². The zero-order valence-corrected chi connectivity index (χ0v) is 13.8. The second-order valence-corrected chi connectivity index (χ2v) is 6.02. The van der Waals surface area contributed by atoms with E-state index in [-0.39, 0.29) is 12.5 Å². The first-order valence-corrected chi connectivity index (χ1v) is 8.02. The molecule has 1 atom stereocenters. The number of hydrogen-bond acceptors (Lipinski definition) is 2. The largest absolute Gasteiger partial charge is 0.481 e. The van der Waals surface area contributed by atoms with Gasteiger partial charge in [-0.05, 0) is 29.9 Å². The molecule has 0 heterocycles. The van der Waals surface area contributed by atoms with Gasteiger partial charge in [0.1, 0.15) is 0 Å². The van der Waals surface area contributed by atoms with Crippen LogP contribution in [0.15, 0.2) is 24.3 Å². The van der Waals surface area contributed by atoms with Crippen molar-refractivity contribution >= 4 is 11.9 Å². The molecule has 0 aromatic heterocycles. The second-order valence-electron chi connectivity index (χ2n) is 6.02. The predicted molar refractivity (Wildman–Crippen MR) is 87.9 cm³/mol. The van der Waals surface area contributed by atoms with Gasteiger partial charge in [-0.3, -0.25) is 9.59 Å². The Kier molecular flexibility index (Phi) is 7.64. The van der Waals surface area contributed by atoms with E-state index in [0.717, 1.165) is 12.0 Å². The third kappa shape index (κ3) is 6.29. The van der Waals surface area contributed by atoms with Gasteiger partial charge in [0.05, 0.1) is 5.92 Å². The summed E-state index contributed by atoms with van der Waals surface area (Å²) in [5, 5.41) is 11.8. The molecule has 0 bridgehead atoms. The molecule has 4 nitrogen and oxygen atoms in total. The maximum Gasteiger partial charge on any atom is 0.308 e. The number of amides is 1. The Morgan fingerprint density at radius 3 is 2.32 bits per heavy atom. The van der Waals surface area contributed by atoms with Gasteiger partial charge in [0.2, 0.25) is 5.91 Å². The first kappa shape index (κ1) is 18.2. The third-order valence-electron chi connectivity index (χ3n) is 3.82. The van der Waals surface area contributed by atoms with Crippen LogP contribution in [0.5, 0.6) is 0 Å². The fourth-order valence-electron chi connectivity index (χ4n) is 2.31. The lowest BCUT2D eigenvalue weighted by molar-refractivity contribution is -0.141. The van der Waals surface area contributed by atoms with E-state index in [4.69, 9.17) is 5.11 Å². The Hall–Kier alpha value is -1.84. The quantitative estimate of drug-likeness (QED) is 0.735. The highest BCUT2D eigenvalue weighted by atomic mass is 16.4. The summed E-state index contributed by atoms with van der Waals surface area (Å²) in [5.41, 5.74) is 2.42. The molecule has 1 aromatic carbocycles. The zero-order valence-electron chi connectivity index (χ0n) is 13.8. The van der Waals surface area contributed by atoms with Crippen molar-refractivity contribution in [3.8, 4) is 0 Å². The molecule has 122 valence electrons. The highest BCUT2D eigenvalue weighted by Gasteiger charge is 2.17. The number of aryl methyl sites for hydroxylation is 1. The lowest BCUT2D eigenvalue weighted by atomic mass is 10.00. The maximum atomic E-state index is 11.8. The standard InChI is InChI=1S/C18H27NO3/c1-4-5-16(18(21)22)12-19-17(20)11-8-14-6-9-15(10-7-14)13(2)3/h6-7,9-10,13,16H,4-5,8,11-12H2,1-3H3,(H,19,20)(H,21,22). The van der Waals surface area contributed by atoms with Gasteiger partial charge in [0.15, 0.2) is 0 Å². The average Bonchev–Trinajstić information content (AvgIpc) is 2.49. The van der Waals surface area contributed by atoms with Crippen LogP contribution in [0.1, 0.15) is 57.1 Å². The summed E-state index contributed by atoms with van der Waals surface area (Å²) in [5.74, 6) is -0.912. The van der Waals surface area contributed by atoms with Crippen molar-refractivity contribution in [2.75, 3.05) is 6.54 Å². The minimum absolute atomic E-state index is 0.0877. The van der Waals surface area contributed by atoms with E-state index >= 15 is 0 Å². The second kappa shape index (κ2) is 9.23. The van der Waals surface area contributed by atoms with Crippen LogP contribution in [0.4, 0.5) is 0 Å². The predicted octanol–water partition coefficient (Wildman–Crippen LogP) is 3.36. The molecule has 4 heteroatoms. The molecule has 0 aliphatic rings. The van der Waals surface area contributed by atoms with E-state index in [2.05, 4.69) is 43.4 Å². The molecule has 0 fully saturated rings. The van der Waals surface area contributed by atoms with Crippen molar-refractivity contribution in [1.82, 2.24) is 5.32 Å². The van der Waals surface area contributed by atoms with Crippen molar-refractivity contribution in [1.29, 1.82) is 0 Å². The smallest absolute Gasteiger partial charge is 0.308 e. The van der Waals surface area contributed by atoms with E-state index in [1.54, 1.807) is 0 Å². The van der Waals surface area contributed by atoms with Crippen LogP contribution in [0, 0.1) is 5.92 Å². The summed E-state index contributed by atoms with van der Waals surface area (Å²) in [6.07, 6.45) is 2.45. The fourth-order valence-corrected chi connectivity index (χ4v) is 2.31. The van der Waals surface area contributed by atoms with Crippen LogP contribution in [-0.2, 0) is 16.0 Å². The van der Waals surface area contributed by atoms with Crippen molar-refractivity contribution in [3.63, 3.8) is 0 Å². The molecule has 22 heavy (non-hydrogen) atoms. The highest BCUT2D eigenvalue weighted by Crippen LogP contribution is 2.15. The van der Waals surface area contributed by atoms with E-state index in [1.807, 2.05) is 6.92 Å². The van der Waals surface area contributed by atoms with Gasteiger partial charge in [0, 0.05) is 13.0 Å². The van der Waals surface area contributed by atoms with E-state index in [0.29, 0.717) is 25.2 Å². The lowest BCUT2D eigenvalue weighted by Gasteiger charge is -2.12. The number of carboxylic acids is 1. The molecule has 0 aliphatic heterocycles. The van der Waals surface area contributed by atoms with Crippen LogP contribution in [0.25, 0.3) is 0 Å². The van der Waals surface area contributed by atoms with Crippen LogP contribution in [-0.4, -0.2) is 23.5 Å². The summed E-state index contributed by atoms with van der Waals surface area (Å²) >= 11 is 0. The Morgan fingerprint density at radius 2 is 1.82 bits per heavy atom. The molecule has 2 N–H and O–H groups in total. The monoisotopic (exact) mass is 305 g/mol. The zero-order chi connectivity index (χ0) is 16.5. The van der Waals surface area contributed by atoms with Crippen LogP contribution >= 0.6 is 0 Å². The molecule has 0 saturated carbocycles. The summed E-state index contributed by atoms with van der Waals surface area (Å²) in [7, 11) is 0. The maximum absolute atomic E-state index is 11.8. The molecule has 1 rings (SSSR count). The number of hydrogen-bond donors (Lipinski definition) is 2. The fraction of sp³-hybridized carbons (Fsp3) is 0.556. The Bertz CT molecular complexity index is 480. The number of aliphatic carboxylic acids is 1. The molecule has 0 spiro atoms. The number of carbonyl (C=O) groups is 2. The van der Waals surface area contributed by atoms with Crippen LogP contribution in [0.3, 0.4) is 0 Å². The summed E-state index contributed by atoms with van der Waals surface area (Å²) in [6.45, 7) is 6.46. The van der Waals surface area contributed by atoms with Crippen molar-refractivity contribution in [2.24, 2.45) is 5.92 Å².